The Hall–Kier alpha value is -2.87. The minimum atomic E-state index is -4.01. The van der Waals surface area contributed by atoms with Crippen LogP contribution in [0.3, 0.4) is 0 Å². The lowest BCUT2D eigenvalue weighted by Crippen LogP contribution is -2.19. The molecule has 26 heavy (non-hydrogen) atoms. The fourth-order valence-electron chi connectivity index (χ4n) is 2.59. The van der Waals surface area contributed by atoms with Gasteiger partial charge in [0.15, 0.2) is 0 Å². The Kier molecular flexibility index (Phi) is 4.94. The molecule has 0 atom stereocenters. The summed E-state index contributed by atoms with van der Waals surface area (Å²) in [6.45, 7) is 0. The molecule has 7 nitrogen and oxygen atoms in total. The van der Waals surface area contributed by atoms with Crippen molar-refractivity contribution in [1.82, 2.24) is 0 Å². The van der Waals surface area contributed by atoms with Crippen molar-refractivity contribution in [3.8, 4) is 5.75 Å². The van der Waals surface area contributed by atoms with Crippen molar-refractivity contribution in [1.29, 1.82) is 0 Å². The highest BCUT2D eigenvalue weighted by Crippen LogP contribution is 2.27. The van der Waals surface area contributed by atoms with E-state index in [1.165, 1.54) is 31.4 Å². The lowest BCUT2D eigenvalue weighted by atomic mass is 10.0. The topological polar surface area (TPSA) is 98.8 Å². The Morgan fingerprint density at radius 2 is 1.85 bits per heavy atom. The van der Waals surface area contributed by atoms with Crippen LogP contribution in [0.4, 0.5) is 5.69 Å². The van der Waals surface area contributed by atoms with Gasteiger partial charge in [0.25, 0.3) is 0 Å². The predicted molar refractivity (Wildman–Crippen MR) is 93.4 cm³/mol. The standard InChI is InChI=1S/C18H17NO6S/c1-24-18(21)10-12-2-5-14(6-3-12)25-26(22,23)15-7-8-16-13(11-15)4-9-17(20)19-16/h2-3,5-8,11H,4,9-10H2,1H3,(H,19,20). The number of anilines is 1. The van der Waals surface area contributed by atoms with Crippen LogP contribution in [0.5, 0.6) is 5.75 Å². The van der Waals surface area contributed by atoms with Gasteiger partial charge in [0.05, 0.1) is 13.5 Å². The molecule has 1 aliphatic heterocycles. The van der Waals surface area contributed by atoms with Gasteiger partial charge in [-0.1, -0.05) is 12.1 Å². The molecule has 8 heteroatoms. The minimum absolute atomic E-state index is 0.0195. The molecule has 1 amide bonds. The maximum atomic E-state index is 12.5. The number of rotatable bonds is 5. The molecule has 1 N–H and O–H groups in total. The summed E-state index contributed by atoms with van der Waals surface area (Å²) in [4.78, 5) is 22.6. The zero-order valence-electron chi connectivity index (χ0n) is 14.0. The van der Waals surface area contributed by atoms with Gasteiger partial charge in [0, 0.05) is 12.1 Å². The molecule has 3 rings (SSSR count). The van der Waals surface area contributed by atoms with E-state index in [2.05, 4.69) is 10.1 Å². The fraction of sp³-hybridized carbons (Fsp3) is 0.222. The molecule has 0 saturated heterocycles. The number of fused-ring (bicyclic) bond motifs is 1. The van der Waals surface area contributed by atoms with Crippen LogP contribution in [0, 0.1) is 0 Å². The molecule has 0 spiro atoms. The van der Waals surface area contributed by atoms with E-state index in [1.807, 2.05) is 0 Å². The van der Waals surface area contributed by atoms with E-state index in [-0.39, 0.29) is 28.9 Å². The molecule has 0 unspecified atom stereocenters. The fourth-order valence-corrected chi connectivity index (χ4v) is 3.57. The first-order chi connectivity index (χ1) is 12.4. The molecular formula is C18H17NO6S. The normalized spacial score (nSPS) is 13.5. The Bertz CT molecular complexity index is 950. The van der Waals surface area contributed by atoms with Crippen LogP contribution in [-0.4, -0.2) is 27.4 Å². The molecule has 2 aromatic rings. The van der Waals surface area contributed by atoms with Gasteiger partial charge in [-0.15, -0.1) is 0 Å². The summed E-state index contributed by atoms with van der Waals surface area (Å²) >= 11 is 0. The van der Waals surface area contributed by atoms with E-state index in [4.69, 9.17) is 4.18 Å². The van der Waals surface area contributed by atoms with E-state index < -0.39 is 10.1 Å². The van der Waals surface area contributed by atoms with Crippen molar-refractivity contribution in [2.75, 3.05) is 12.4 Å². The zero-order chi connectivity index (χ0) is 18.7. The van der Waals surface area contributed by atoms with E-state index >= 15 is 0 Å². The lowest BCUT2D eigenvalue weighted by Gasteiger charge is -2.17. The summed E-state index contributed by atoms with van der Waals surface area (Å²) in [5, 5.41) is 2.70. The molecule has 0 aromatic heterocycles. The maximum absolute atomic E-state index is 12.5. The molecule has 2 aromatic carbocycles. The largest absolute Gasteiger partial charge is 0.469 e. The van der Waals surface area contributed by atoms with Gasteiger partial charge < -0.3 is 14.2 Å². The molecule has 1 aliphatic rings. The van der Waals surface area contributed by atoms with Crippen molar-refractivity contribution in [3.05, 3.63) is 53.6 Å². The van der Waals surface area contributed by atoms with Crippen LogP contribution >= 0.6 is 0 Å². The number of esters is 1. The molecule has 0 fully saturated rings. The molecule has 0 aliphatic carbocycles. The SMILES string of the molecule is COC(=O)Cc1ccc(OS(=O)(=O)c2ccc3c(c2)CCC(=O)N3)cc1. The summed E-state index contributed by atoms with van der Waals surface area (Å²) in [5.74, 6) is -0.325. The predicted octanol–water partition coefficient (Wildman–Crippen LogP) is 2.05. The summed E-state index contributed by atoms with van der Waals surface area (Å²) in [6.07, 6.45) is 0.895. The Balaban J connectivity index is 1.77. The van der Waals surface area contributed by atoms with Gasteiger partial charge >= 0.3 is 16.1 Å². The first kappa shape index (κ1) is 17.9. The van der Waals surface area contributed by atoms with Gasteiger partial charge in [0.1, 0.15) is 10.6 Å². The van der Waals surface area contributed by atoms with E-state index in [9.17, 15) is 18.0 Å². The molecular weight excluding hydrogens is 358 g/mol. The van der Waals surface area contributed by atoms with E-state index in [0.717, 1.165) is 5.56 Å². The summed E-state index contributed by atoms with van der Waals surface area (Å²) in [7, 11) is -2.70. The Morgan fingerprint density at radius 3 is 2.54 bits per heavy atom. The third-order valence-corrected chi connectivity index (χ3v) is 5.21. The highest BCUT2D eigenvalue weighted by molar-refractivity contribution is 7.87. The second-order valence-corrected chi connectivity index (χ2v) is 7.35. The van der Waals surface area contributed by atoms with Gasteiger partial charge in [0.2, 0.25) is 5.91 Å². The number of methoxy groups -OCH3 is 1. The molecule has 0 bridgehead atoms. The highest BCUT2D eigenvalue weighted by atomic mass is 32.2. The first-order valence-corrected chi connectivity index (χ1v) is 9.31. The average molecular weight is 375 g/mol. The zero-order valence-corrected chi connectivity index (χ0v) is 14.8. The van der Waals surface area contributed by atoms with Crippen LogP contribution in [0.1, 0.15) is 17.5 Å². The van der Waals surface area contributed by atoms with Crippen molar-refractivity contribution < 1.29 is 26.9 Å². The maximum Gasteiger partial charge on any atom is 0.339 e. The number of aryl methyl sites for hydroxylation is 1. The Morgan fingerprint density at radius 1 is 1.12 bits per heavy atom. The highest BCUT2D eigenvalue weighted by Gasteiger charge is 2.21. The van der Waals surface area contributed by atoms with E-state index in [1.54, 1.807) is 18.2 Å². The molecule has 136 valence electrons. The second-order valence-electron chi connectivity index (χ2n) is 5.80. The molecule has 0 saturated carbocycles. The van der Waals surface area contributed by atoms with Crippen LogP contribution in [-0.2, 0) is 37.3 Å². The van der Waals surface area contributed by atoms with Crippen LogP contribution in [0.15, 0.2) is 47.4 Å². The van der Waals surface area contributed by atoms with Crippen molar-refractivity contribution in [3.63, 3.8) is 0 Å². The number of hydrogen-bond acceptors (Lipinski definition) is 6. The van der Waals surface area contributed by atoms with Gasteiger partial charge in [-0.3, -0.25) is 9.59 Å². The summed E-state index contributed by atoms with van der Waals surface area (Å²) in [5.41, 5.74) is 2.06. The lowest BCUT2D eigenvalue weighted by molar-refractivity contribution is -0.139. The third kappa shape index (κ3) is 4.02. The van der Waals surface area contributed by atoms with Gasteiger partial charge in [-0.2, -0.15) is 8.42 Å². The molecule has 0 radical (unpaired) electrons. The smallest absolute Gasteiger partial charge is 0.339 e. The number of carbonyl (C=O) groups excluding carboxylic acids is 2. The van der Waals surface area contributed by atoms with Crippen molar-refractivity contribution in [2.24, 2.45) is 0 Å². The first-order valence-electron chi connectivity index (χ1n) is 7.90. The number of amides is 1. The number of ether oxygens (including phenoxy) is 1. The number of benzene rings is 2. The monoisotopic (exact) mass is 375 g/mol. The number of hydrogen-bond donors (Lipinski definition) is 1. The van der Waals surface area contributed by atoms with Crippen LogP contribution in [0.25, 0.3) is 0 Å². The van der Waals surface area contributed by atoms with E-state index in [0.29, 0.717) is 24.1 Å². The third-order valence-electron chi connectivity index (χ3n) is 3.97. The summed E-state index contributed by atoms with van der Waals surface area (Å²) < 4.78 is 34.7. The van der Waals surface area contributed by atoms with Gasteiger partial charge in [-0.25, -0.2) is 0 Å². The second kappa shape index (κ2) is 7.17. The van der Waals surface area contributed by atoms with Crippen LogP contribution in [0.2, 0.25) is 0 Å². The van der Waals surface area contributed by atoms with Gasteiger partial charge in [-0.05, 0) is 47.9 Å². The number of nitrogens with one attached hydrogen (secondary N) is 1. The number of carbonyl (C=O) groups is 2. The minimum Gasteiger partial charge on any atom is -0.469 e. The molecule has 1 heterocycles. The quantitative estimate of drug-likeness (QED) is 0.634. The average Bonchev–Trinajstić information content (AvgIpc) is 2.62. The Labute approximate surface area is 151 Å². The van der Waals surface area contributed by atoms with Crippen molar-refractivity contribution in [2.45, 2.75) is 24.2 Å². The van der Waals surface area contributed by atoms with Crippen LogP contribution < -0.4 is 9.50 Å². The summed E-state index contributed by atoms with van der Waals surface area (Å²) in [6, 6.07) is 10.6. The van der Waals surface area contributed by atoms with Crippen molar-refractivity contribution >= 4 is 27.7 Å².